The molecule has 0 aliphatic rings. The Bertz CT molecular complexity index is 707. The first-order chi connectivity index (χ1) is 9.76. The van der Waals surface area contributed by atoms with Gasteiger partial charge in [0.15, 0.2) is 11.5 Å². The number of rotatable bonds is 4. The number of nitrogens with zero attached hydrogens (tertiary/aromatic N) is 1. The second-order valence-corrected chi connectivity index (χ2v) is 4.66. The van der Waals surface area contributed by atoms with Crippen molar-refractivity contribution in [1.29, 1.82) is 0 Å². The van der Waals surface area contributed by atoms with Crippen molar-refractivity contribution in [2.75, 3.05) is 7.11 Å². The molecule has 4 nitrogen and oxygen atoms in total. The third-order valence-corrected chi connectivity index (χ3v) is 3.26. The molecule has 0 saturated carbocycles. The summed E-state index contributed by atoms with van der Waals surface area (Å²) in [4.78, 5) is 4.45. The fourth-order valence-electron chi connectivity index (χ4n) is 2.17. The average molecular weight is 268 g/mol. The smallest absolute Gasteiger partial charge is 0.197 e. The number of hydrogen-bond donors (Lipinski definition) is 1. The van der Waals surface area contributed by atoms with E-state index in [1.165, 1.54) is 0 Å². The monoisotopic (exact) mass is 268 g/mol. The highest BCUT2D eigenvalue weighted by molar-refractivity contribution is 5.74. The van der Waals surface area contributed by atoms with Crippen LogP contribution in [-0.2, 0) is 6.42 Å². The van der Waals surface area contributed by atoms with Gasteiger partial charge in [0.25, 0.3) is 0 Å². The van der Waals surface area contributed by atoms with Gasteiger partial charge in [0.1, 0.15) is 11.3 Å². The van der Waals surface area contributed by atoms with Crippen LogP contribution in [0.15, 0.2) is 52.9 Å². The molecule has 0 aliphatic carbocycles. The Morgan fingerprint density at radius 2 is 2.00 bits per heavy atom. The molecule has 1 atom stereocenters. The Balaban J connectivity index is 1.84. The maximum absolute atomic E-state index is 6.18. The van der Waals surface area contributed by atoms with Gasteiger partial charge in [-0.15, -0.1) is 0 Å². The van der Waals surface area contributed by atoms with E-state index in [0.717, 1.165) is 22.4 Å². The van der Waals surface area contributed by atoms with Crippen LogP contribution in [0.2, 0.25) is 0 Å². The molecule has 0 fully saturated rings. The summed E-state index contributed by atoms with van der Waals surface area (Å²) in [5.74, 6) is 1.40. The minimum absolute atomic E-state index is 0.119. The molecule has 1 unspecified atom stereocenters. The van der Waals surface area contributed by atoms with Crippen LogP contribution < -0.4 is 10.5 Å². The Hall–Kier alpha value is -2.33. The van der Waals surface area contributed by atoms with Crippen LogP contribution in [0.1, 0.15) is 17.5 Å². The molecule has 4 heteroatoms. The standard InChI is InChI=1S/C16H16N2O2/c1-19-12-7-8-14-15(9-12)20-16(18-14)10-13(17)11-5-3-2-4-6-11/h2-9,13H,10,17H2,1H3. The summed E-state index contributed by atoms with van der Waals surface area (Å²) in [6, 6.07) is 15.4. The van der Waals surface area contributed by atoms with E-state index in [1.54, 1.807) is 7.11 Å². The maximum Gasteiger partial charge on any atom is 0.197 e. The molecule has 2 aromatic carbocycles. The highest BCUT2D eigenvalue weighted by Gasteiger charge is 2.12. The van der Waals surface area contributed by atoms with Gasteiger partial charge < -0.3 is 14.9 Å². The SMILES string of the molecule is COc1ccc2nc(CC(N)c3ccccc3)oc2c1. The zero-order valence-electron chi connectivity index (χ0n) is 11.2. The number of nitrogens with two attached hydrogens (primary N) is 1. The summed E-state index contributed by atoms with van der Waals surface area (Å²) in [6.45, 7) is 0. The molecule has 0 aliphatic heterocycles. The van der Waals surface area contributed by atoms with Gasteiger partial charge in [-0.25, -0.2) is 4.98 Å². The molecular formula is C16H16N2O2. The van der Waals surface area contributed by atoms with Crippen LogP contribution in [0.5, 0.6) is 5.75 Å². The van der Waals surface area contributed by atoms with Crippen LogP contribution >= 0.6 is 0 Å². The van der Waals surface area contributed by atoms with Crippen LogP contribution in [0.3, 0.4) is 0 Å². The number of oxazole rings is 1. The van der Waals surface area contributed by atoms with Crippen molar-refractivity contribution < 1.29 is 9.15 Å². The molecule has 0 saturated heterocycles. The fourth-order valence-corrected chi connectivity index (χ4v) is 2.17. The van der Waals surface area contributed by atoms with E-state index >= 15 is 0 Å². The summed E-state index contributed by atoms with van der Waals surface area (Å²) in [5, 5.41) is 0. The molecule has 0 bridgehead atoms. The molecule has 0 radical (unpaired) electrons. The minimum atomic E-state index is -0.119. The van der Waals surface area contributed by atoms with Gasteiger partial charge in [-0.1, -0.05) is 30.3 Å². The molecule has 102 valence electrons. The molecular weight excluding hydrogens is 252 g/mol. The lowest BCUT2D eigenvalue weighted by molar-refractivity contribution is 0.414. The molecule has 3 rings (SSSR count). The third-order valence-electron chi connectivity index (χ3n) is 3.26. The predicted octanol–water partition coefficient (Wildman–Crippen LogP) is 3.08. The van der Waals surface area contributed by atoms with Crippen molar-refractivity contribution in [3.8, 4) is 5.75 Å². The van der Waals surface area contributed by atoms with Crippen LogP contribution in [0, 0.1) is 0 Å². The highest BCUT2D eigenvalue weighted by atomic mass is 16.5. The highest BCUT2D eigenvalue weighted by Crippen LogP contribution is 2.23. The Morgan fingerprint density at radius 1 is 1.20 bits per heavy atom. The second-order valence-electron chi connectivity index (χ2n) is 4.66. The maximum atomic E-state index is 6.18. The van der Waals surface area contributed by atoms with Crippen molar-refractivity contribution in [1.82, 2.24) is 4.98 Å². The van der Waals surface area contributed by atoms with Crippen LogP contribution in [-0.4, -0.2) is 12.1 Å². The van der Waals surface area contributed by atoms with Crippen molar-refractivity contribution in [3.05, 3.63) is 60.0 Å². The summed E-state index contributed by atoms with van der Waals surface area (Å²) in [5.41, 5.74) is 8.80. The van der Waals surface area contributed by atoms with E-state index in [1.807, 2.05) is 48.5 Å². The second kappa shape index (κ2) is 5.35. The number of benzene rings is 2. The lowest BCUT2D eigenvalue weighted by Crippen LogP contribution is -2.13. The molecule has 3 aromatic rings. The van der Waals surface area contributed by atoms with Crippen LogP contribution in [0.25, 0.3) is 11.1 Å². The van der Waals surface area contributed by atoms with Gasteiger partial charge in [-0.05, 0) is 17.7 Å². The first kappa shape index (κ1) is 12.7. The summed E-state index contributed by atoms with van der Waals surface area (Å²) >= 11 is 0. The number of methoxy groups -OCH3 is 1. The van der Waals surface area contributed by atoms with E-state index in [9.17, 15) is 0 Å². The normalized spacial score (nSPS) is 12.5. The molecule has 0 spiro atoms. The summed E-state index contributed by atoms with van der Waals surface area (Å²) in [7, 11) is 1.63. The minimum Gasteiger partial charge on any atom is -0.497 e. The first-order valence-electron chi connectivity index (χ1n) is 6.50. The first-order valence-corrected chi connectivity index (χ1v) is 6.50. The van der Waals surface area contributed by atoms with E-state index < -0.39 is 0 Å². The van der Waals surface area contributed by atoms with Crippen molar-refractivity contribution in [3.63, 3.8) is 0 Å². The van der Waals surface area contributed by atoms with Gasteiger partial charge >= 0.3 is 0 Å². The lowest BCUT2D eigenvalue weighted by Gasteiger charge is -2.08. The molecule has 0 amide bonds. The van der Waals surface area contributed by atoms with Crippen molar-refractivity contribution >= 4 is 11.1 Å². The zero-order chi connectivity index (χ0) is 13.9. The quantitative estimate of drug-likeness (QED) is 0.790. The largest absolute Gasteiger partial charge is 0.497 e. The molecule has 20 heavy (non-hydrogen) atoms. The fraction of sp³-hybridized carbons (Fsp3) is 0.188. The number of ether oxygens (including phenoxy) is 1. The van der Waals surface area contributed by atoms with E-state index in [-0.39, 0.29) is 6.04 Å². The van der Waals surface area contributed by atoms with Crippen molar-refractivity contribution in [2.24, 2.45) is 5.73 Å². The number of hydrogen-bond acceptors (Lipinski definition) is 4. The van der Waals surface area contributed by atoms with Crippen molar-refractivity contribution in [2.45, 2.75) is 12.5 Å². The van der Waals surface area contributed by atoms with Gasteiger partial charge in [-0.2, -0.15) is 0 Å². The predicted molar refractivity (Wildman–Crippen MR) is 77.6 cm³/mol. The molecule has 1 aromatic heterocycles. The van der Waals surface area contributed by atoms with Gasteiger partial charge in [0.2, 0.25) is 0 Å². The Morgan fingerprint density at radius 3 is 2.75 bits per heavy atom. The number of fused-ring (bicyclic) bond motifs is 1. The van der Waals surface area contributed by atoms with Crippen LogP contribution in [0.4, 0.5) is 0 Å². The van der Waals surface area contributed by atoms with Gasteiger partial charge in [0.05, 0.1) is 7.11 Å². The average Bonchev–Trinajstić information content (AvgIpc) is 2.89. The third kappa shape index (κ3) is 2.51. The molecule has 1 heterocycles. The lowest BCUT2D eigenvalue weighted by atomic mass is 10.1. The Kier molecular flexibility index (Phi) is 3.39. The summed E-state index contributed by atoms with van der Waals surface area (Å²) < 4.78 is 10.9. The van der Waals surface area contributed by atoms with E-state index in [4.69, 9.17) is 14.9 Å². The van der Waals surface area contributed by atoms with E-state index in [0.29, 0.717) is 12.3 Å². The van der Waals surface area contributed by atoms with Gasteiger partial charge in [0, 0.05) is 18.5 Å². The van der Waals surface area contributed by atoms with E-state index in [2.05, 4.69) is 4.98 Å². The summed E-state index contributed by atoms with van der Waals surface area (Å²) in [6.07, 6.45) is 0.570. The Labute approximate surface area is 117 Å². The zero-order valence-corrected chi connectivity index (χ0v) is 11.2. The van der Waals surface area contributed by atoms with Gasteiger partial charge in [-0.3, -0.25) is 0 Å². The number of aromatic nitrogens is 1. The molecule has 2 N–H and O–H groups in total. The topological polar surface area (TPSA) is 61.3 Å².